The van der Waals surface area contributed by atoms with E-state index in [2.05, 4.69) is 44.1 Å². The average molecular weight is 431 g/mol. The first-order chi connectivity index (χ1) is 15.7. The van der Waals surface area contributed by atoms with Gasteiger partial charge in [0.05, 0.1) is 23.9 Å². The van der Waals surface area contributed by atoms with Gasteiger partial charge in [0.1, 0.15) is 11.6 Å². The number of hydrogen-bond donors (Lipinski definition) is 4. The Hall–Kier alpha value is -3.81. The highest BCUT2D eigenvalue weighted by molar-refractivity contribution is 5.97. The van der Waals surface area contributed by atoms with Crippen LogP contribution in [0.25, 0.3) is 0 Å². The van der Waals surface area contributed by atoms with Crippen LogP contribution < -0.4 is 26.4 Å². The molecule has 0 radical (unpaired) electrons. The normalized spacial score (nSPS) is 17.1. The summed E-state index contributed by atoms with van der Waals surface area (Å²) in [6.45, 7) is 1.56. The first kappa shape index (κ1) is 20.1. The number of ether oxygens (including phenoxy) is 1. The van der Waals surface area contributed by atoms with Gasteiger partial charge in [-0.15, -0.1) is 0 Å². The van der Waals surface area contributed by atoms with E-state index >= 15 is 0 Å². The van der Waals surface area contributed by atoms with E-state index in [-0.39, 0.29) is 11.6 Å². The summed E-state index contributed by atoms with van der Waals surface area (Å²) >= 11 is 0. The number of aryl methyl sites for hydroxylation is 1. The van der Waals surface area contributed by atoms with Crippen LogP contribution in [0.2, 0.25) is 0 Å². The maximum absolute atomic E-state index is 12.0. The molecule has 1 unspecified atom stereocenters. The molecule has 0 spiro atoms. The number of nitrogens with zero attached hydrogens (tertiary/aromatic N) is 2. The lowest BCUT2D eigenvalue weighted by molar-refractivity contribution is 0.100. The van der Waals surface area contributed by atoms with Gasteiger partial charge in [-0.05, 0) is 55.0 Å². The zero-order valence-electron chi connectivity index (χ0n) is 17.7. The molecule has 8 nitrogen and oxygen atoms in total. The highest BCUT2D eigenvalue weighted by atomic mass is 16.5. The monoisotopic (exact) mass is 430 g/mol. The summed E-state index contributed by atoms with van der Waals surface area (Å²) in [5, 5.41) is 10.0. The molecule has 0 fully saturated rings. The number of carbonyl (C=O) groups is 1. The molecular weight excluding hydrogens is 404 g/mol. The number of anilines is 4. The molecular formula is C24H26N6O2. The minimum absolute atomic E-state index is 0.0645. The molecule has 3 aromatic rings. The van der Waals surface area contributed by atoms with Gasteiger partial charge in [0, 0.05) is 18.4 Å². The average Bonchev–Trinajstić information content (AvgIpc) is 3.04. The zero-order chi connectivity index (χ0) is 21.9. The summed E-state index contributed by atoms with van der Waals surface area (Å²) in [7, 11) is 0. The Morgan fingerprint density at radius 3 is 3.00 bits per heavy atom. The minimum atomic E-state index is -0.561. The highest BCUT2D eigenvalue weighted by Gasteiger charge is 2.22. The Balaban J connectivity index is 1.42. The van der Waals surface area contributed by atoms with Crippen LogP contribution in [-0.4, -0.2) is 29.0 Å². The van der Waals surface area contributed by atoms with Gasteiger partial charge in [0.25, 0.3) is 5.91 Å². The number of primary amides is 1. The first-order valence-corrected chi connectivity index (χ1v) is 11.0. The smallest absolute Gasteiger partial charge is 0.254 e. The van der Waals surface area contributed by atoms with Crippen molar-refractivity contribution in [2.75, 3.05) is 29.1 Å². The Morgan fingerprint density at radius 2 is 2.09 bits per heavy atom. The van der Waals surface area contributed by atoms with Gasteiger partial charge in [0.15, 0.2) is 0 Å². The fraction of sp³-hybridized carbons (Fsp3) is 0.292. The lowest BCUT2D eigenvalue weighted by atomic mass is 9.87. The molecule has 2 aliphatic rings. The molecule has 8 heteroatoms. The first-order valence-electron chi connectivity index (χ1n) is 11.0. The number of carbonyl (C=O) groups excluding carboxylic acids is 1. The van der Waals surface area contributed by atoms with Gasteiger partial charge in [-0.2, -0.15) is 4.98 Å². The molecule has 1 amide bonds. The number of nitrogens with two attached hydrogens (primary N) is 1. The summed E-state index contributed by atoms with van der Waals surface area (Å²) in [4.78, 5) is 20.9. The van der Waals surface area contributed by atoms with E-state index in [1.807, 2.05) is 24.3 Å². The standard InChI is InChI=1S/C24H26N6O2/c25-22(31)18-14-27-24(28-16-9-10-21-20(13-16)26-11-4-12-32-21)30-23(18)29-19-8-3-6-15-5-1-2-7-17(15)19/h1-2,5,7,9-10,13-14,19,26H,3-4,6,8,11-12H2,(H2,25,31)(H2,27,28,29,30). The summed E-state index contributed by atoms with van der Waals surface area (Å²) < 4.78 is 5.75. The highest BCUT2D eigenvalue weighted by Crippen LogP contribution is 2.34. The second-order valence-electron chi connectivity index (χ2n) is 8.07. The van der Waals surface area contributed by atoms with Gasteiger partial charge in [-0.3, -0.25) is 4.79 Å². The van der Waals surface area contributed by atoms with Crippen molar-refractivity contribution < 1.29 is 9.53 Å². The molecule has 1 atom stereocenters. The van der Waals surface area contributed by atoms with Crippen molar-refractivity contribution in [3.63, 3.8) is 0 Å². The van der Waals surface area contributed by atoms with Gasteiger partial charge in [0.2, 0.25) is 5.95 Å². The lowest BCUT2D eigenvalue weighted by Crippen LogP contribution is -2.22. The molecule has 0 saturated heterocycles. The van der Waals surface area contributed by atoms with Crippen LogP contribution in [0.5, 0.6) is 5.75 Å². The van der Waals surface area contributed by atoms with Gasteiger partial charge >= 0.3 is 0 Å². The summed E-state index contributed by atoms with van der Waals surface area (Å²) in [5.74, 6) is 1.09. The largest absolute Gasteiger partial charge is 0.491 e. The van der Waals surface area contributed by atoms with E-state index in [9.17, 15) is 4.79 Å². The zero-order valence-corrected chi connectivity index (χ0v) is 17.7. The molecule has 0 bridgehead atoms. The minimum Gasteiger partial charge on any atom is -0.491 e. The third kappa shape index (κ3) is 4.16. The quantitative estimate of drug-likeness (QED) is 0.484. The van der Waals surface area contributed by atoms with Crippen LogP contribution >= 0.6 is 0 Å². The summed E-state index contributed by atoms with van der Waals surface area (Å²) in [6.07, 6.45) is 5.51. The second kappa shape index (κ2) is 8.74. The van der Waals surface area contributed by atoms with Gasteiger partial charge in [-0.1, -0.05) is 24.3 Å². The number of nitrogens with one attached hydrogen (secondary N) is 3. The Morgan fingerprint density at radius 1 is 1.19 bits per heavy atom. The number of fused-ring (bicyclic) bond motifs is 2. The topological polar surface area (TPSA) is 114 Å². The molecule has 1 aromatic heterocycles. The van der Waals surface area contributed by atoms with Crippen molar-refractivity contribution in [3.8, 4) is 5.75 Å². The lowest BCUT2D eigenvalue weighted by Gasteiger charge is -2.27. The summed E-state index contributed by atoms with van der Waals surface area (Å²) in [5.41, 5.74) is 10.2. The maximum atomic E-state index is 12.0. The number of benzene rings is 2. The predicted octanol–water partition coefficient (Wildman–Crippen LogP) is 4.00. The van der Waals surface area contributed by atoms with Crippen molar-refractivity contribution >= 4 is 29.0 Å². The Bertz CT molecular complexity index is 1150. The van der Waals surface area contributed by atoms with Gasteiger partial charge < -0.3 is 26.4 Å². The number of aromatic nitrogens is 2. The molecule has 5 rings (SSSR count). The van der Waals surface area contributed by atoms with Crippen molar-refractivity contribution in [2.45, 2.75) is 31.7 Å². The van der Waals surface area contributed by atoms with E-state index in [0.717, 1.165) is 49.4 Å². The van der Waals surface area contributed by atoms with Crippen LogP contribution in [0.1, 0.15) is 46.8 Å². The van der Waals surface area contributed by atoms with Crippen LogP contribution in [0.3, 0.4) is 0 Å². The number of rotatable bonds is 5. The van der Waals surface area contributed by atoms with Crippen LogP contribution in [-0.2, 0) is 6.42 Å². The van der Waals surface area contributed by atoms with E-state index in [0.29, 0.717) is 18.4 Å². The molecule has 2 aromatic carbocycles. The van der Waals surface area contributed by atoms with Crippen LogP contribution in [0.4, 0.5) is 23.1 Å². The number of hydrogen-bond acceptors (Lipinski definition) is 7. The van der Waals surface area contributed by atoms with Crippen LogP contribution in [0.15, 0.2) is 48.7 Å². The number of amides is 1. The maximum Gasteiger partial charge on any atom is 0.254 e. The Kier molecular flexibility index (Phi) is 5.49. The molecule has 1 aliphatic carbocycles. The SMILES string of the molecule is NC(=O)c1cnc(Nc2ccc3c(c2)NCCCO3)nc1NC1CCCc2ccccc21. The molecule has 164 valence electrons. The second-order valence-corrected chi connectivity index (χ2v) is 8.07. The van der Waals surface area contributed by atoms with Gasteiger partial charge in [-0.25, -0.2) is 4.98 Å². The molecule has 2 heterocycles. The van der Waals surface area contributed by atoms with E-state index < -0.39 is 5.91 Å². The van der Waals surface area contributed by atoms with Crippen molar-refractivity contribution in [2.24, 2.45) is 5.73 Å². The fourth-order valence-corrected chi connectivity index (χ4v) is 4.28. The van der Waals surface area contributed by atoms with Crippen LogP contribution in [0, 0.1) is 0 Å². The Labute approximate surface area is 186 Å². The molecule has 5 N–H and O–H groups in total. The van der Waals surface area contributed by atoms with E-state index in [1.165, 1.54) is 17.3 Å². The summed E-state index contributed by atoms with van der Waals surface area (Å²) in [6, 6.07) is 14.3. The van der Waals surface area contributed by atoms with E-state index in [4.69, 9.17) is 10.5 Å². The molecule has 1 aliphatic heterocycles. The van der Waals surface area contributed by atoms with Crippen molar-refractivity contribution in [1.82, 2.24) is 9.97 Å². The predicted molar refractivity (Wildman–Crippen MR) is 125 cm³/mol. The van der Waals surface area contributed by atoms with E-state index in [1.54, 1.807) is 0 Å². The van der Waals surface area contributed by atoms with Crippen molar-refractivity contribution in [3.05, 3.63) is 65.4 Å². The molecule has 0 saturated carbocycles. The molecule has 32 heavy (non-hydrogen) atoms. The third-order valence-electron chi connectivity index (χ3n) is 5.86. The fourth-order valence-electron chi connectivity index (χ4n) is 4.28. The van der Waals surface area contributed by atoms with Crippen molar-refractivity contribution in [1.29, 1.82) is 0 Å². The third-order valence-corrected chi connectivity index (χ3v) is 5.86.